The van der Waals surface area contributed by atoms with Crippen LogP contribution in [0.2, 0.25) is 0 Å². The molecule has 1 rings (SSSR count). The summed E-state index contributed by atoms with van der Waals surface area (Å²) in [5.41, 5.74) is 7.60. The van der Waals surface area contributed by atoms with Crippen molar-refractivity contribution >= 4 is 5.69 Å². The van der Waals surface area contributed by atoms with E-state index >= 15 is 0 Å². The summed E-state index contributed by atoms with van der Waals surface area (Å²) in [5.74, 6) is 0.792. The highest BCUT2D eigenvalue weighted by Gasteiger charge is 1.98. The van der Waals surface area contributed by atoms with Crippen LogP contribution in [0.1, 0.15) is 5.56 Å². The average molecular weight is 163 g/mol. The Hall–Kier alpha value is -1.44. The summed E-state index contributed by atoms with van der Waals surface area (Å²) in [6.07, 6.45) is 2.63. The molecule has 2 nitrogen and oxygen atoms in total. The van der Waals surface area contributed by atoms with Gasteiger partial charge in [0.15, 0.2) is 0 Å². The molecule has 0 aliphatic rings. The van der Waals surface area contributed by atoms with Crippen molar-refractivity contribution < 1.29 is 4.74 Å². The van der Waals surface area contributed by atoms with Gasteiger partial charge >= 0.3 is 0 Å². The number of allylic oxidation sites excluding steroid dienone is 1. The highest BCUT2D eigenvalue weighted by Crippen LogP contribution is 2.19. The fourth-order valence-corrected chi connectivity index (χ4v) is 1.04. The number of methoxy groups -OCH3 is 1. The Morgan fingerprint density at radius 2 is 2.33 bits per heavy atom. The molecule has 0 amide bonds. The number of benzene rings is 1. The van der Waals surface area contributed by atoms with Crippen LogP contribution in [0.25, 0.3) is 0 Å². The first kappa shape index (κ1) is 8.65. The van der Waals surface area contributed by atoms with Gasteiger partial charge in [-0.05, 0) is 18.1 Å². The lowest BCUT2D eigenvalue weighted by molar-refractivity contribution is 0.415. The lowest BCUT2D eigenvalue weighted by Gasteiger charge is -2.05. The van der Waals surface area contributed by atoms with E-state index in [4.69, 9.17) is 10.5 Å². The van der Waals surface area contributed by atoms with Crippen molar-refractivity contribution in [2.24, 2.45) is 0 Å². The van der Waals surface area contributed by atoms with Gasteiger partial charge in [0, 0.05) is 11.8 Å². The van der Waals surface area contributed by atoms with Gasteiger partial charge in [-0.25, -0.2) is 0 Å². The molecule has 64 valence electrons. The van der Waals surface area contributed by atoms with Crippen LogP contribution in [-0.4, -0.2) is 7.11 Å². The van der Waals surface area contributed by atoms with E-state index in [9.17, 15) is 0 Å². The molecular weight excluding hydrogens is 150 g/mol. The fourth-order valence-electron chi connectivity index (χ4n) is 1.04. The molecule has 2 N–H and O–H groups in total. The van der Waals surface area contributed by atoms with E-state index in [2.05, 4.69) is 6.58 Å². The third kappa shape index (κ3) is 1.78. The van der Waals surface area contributed by atoms with Crippen LogP contribution in [-0.2, 0) is 6.42 Å². The van der Waals surface area contributed by atoms with E-state index < -0.39 is 0 Å². The van der Waals surface area contributed by atoms with E-state index in [0.717, 1.165) is 23.4 Å². The number of nitrogens with two attached hydrogens (primary N) is 1. The molecule has 0 saturated carbocycles. The number of anilines is 1. The maximum Gasteiger partial charge on any atom is 0.120 e. The van der Waals surface area contributed by atoms with Crippen LogP contribution in [0.5, 0.6) is 5.75 Å². The number of ether oxygens (including phenoxy) is 1. The molecule has 0 atom stereocenters. The van der Waals surface area contributed by atoms with Crippen molar-refractivity contribution in [2.45, 2.75) is 6.42 Å². The van der Waals surface area contributed by atoms with Gasteiger partial charge in [0.25, 0.3) is 0 Å². The molecule has 0 aromatic heterocycles. The standard InChI is InChI=1S/C10H13NO/c1-3-4-8-5-6-9(12-2)7-10(8)11/h3,5-7H,1,4,11H2,2H3. The summed E-state index contributed by atoms with van der Waals surface area (Å²) in [6, 6.07) is 5.67. The lowest BCUT2D eigenvalue weighted by atomic mass is 10.1. The second-order valence-corrected chi connectivity index (χ2v) is 2.56. The van der Waals surface area contributed by atoms with Gasteiger partial charge in [0.2, 0.25) is 0 Å². The Morgan fingerprint density at radius 3 is 2.83 bits per heavy atom. The van der Waals surface area contributed by atoms with Crippen molar-refractivity contribution in [3.63, 3.8) is 0 Å². The summed E-state index contributed by atoms with van der Waals surface area (Å²) >= 11 is 0. The van der Waals surface area contributed by atoms with Gasteiger partial charge in [-0.15, -0.1) is 6.58 Å². The zero-order chi connectivity index (χ0) is 8.97. The third-order valence-electron chi connectivity index (χ3n) is 1.72. The summed E-state index contributed by atoms with van der Waals surface area (Å²) in [7, 11) is 1.63. The maximum atomic E-state index is 5.76. The first-order chi connectivity index (χ1) is 5.77. The highest BCUT2D eigenvalue weighted by atomic mass is 16.5. The normalized spacial score (nSPS) is 9.42. The first-order valence-corrected chi connectivity index (χ1v) is 3.81. The van der Waals surface area contributed by atoms with Crippen LogP contribution in [0.3, 0.4) is 0 Å². The van der Waals surface area contributed by atoms with Crippen molar-refractivity contribution in [3.8, 4) is 5.75 Å². The first-order valence-electron chi connectivity index (χ1n) is 3.81. The predicted octanol–water partition coefficient (Wildman–Crippen LogP) is 2.01. The van der Waals surface area contributed by atoms with E-state index in [-0.39, 0.29) is 0 Å². The molecule has 0 unspecified atom stereocenters. The van der Waals surface area contributed by atoms with Crippen molar-refractivity contribution in [3.05, 3.63) is 36.4 Å². The van der Waals surface area contributed by atoms with Gasteiger partial charge in [-0.3, -0.25) is 0 Å². The molecule has 0 bridgehead atoms. The van der Waals surface area contributed by atoms with Gasteiger partial charge in [0.05, 0.1) is 7.11 Å². The molecule has 2 heteroatoms. The minimum Gasteiger partial charge on any atom is -0.497 e. The van der Waals surface area contributed by atoms with Crippen LogP contribution in [0, 0.1) is 0 Å². The topological polar surface area (TPSA) is 35.2 Å². The van der Waals surface area contributed by atoms with Crippen LogP contribution >= 0.6 is 0 Å². The number of rotatable bonds is 3. The average Bonchev–Trinajstić information content (AvgIpc) is 2.09. The molecular formula is C10H13NO. The van der Waals surface area contributed by atoms with E-state index in [0.29, 0.717) is 0 Å². The third-order valence-corrected chi connectivity index (χ3v) is 1.72. The molecule has 0 heterocycles. The SMILES string of the molecule is C=CCc1ccc(OC)cc1N. The maximum absolute atomic E-state index is 5.76. The van der Waals surface area contributed by atoms with E-state index in [1.54, 1.807) is 7.11 Å². The Bertz CT molecular complexity index is 281. The summed E-state index contributed by atoms with van der Waals surface area (Å²) in [6.45, 7) is 3.65. The Morgan fingerprint density at radius 1 is 1.58 bits per heavy atom. The van der Waals surface area contributed by atoms with E-state index in [1.807, 2.05) is 24.3 Å². The molecule has 1 aromatic rings. The Balaban J connectivity index is 2.94. The highest BCUT2D eigenvalue weighted by molar-refractivity contribution is 5.51. The van der Waals surface area contributed by atoms with Crippen molar-refractivity contribution in [2.75, 3.05) is 12.8 Å². The van der Waals surface area contributed by atoms with Crippen LogP contribution in [0.4, 0.5) is 5.69 Å². The molecule has 0 radical (unpaired) electrons. The molecule has 0 fully saturated rings. The summed E-state index contributed by atoms with van der Waals surface area (Å²) < 4.78 is 5.02. The lowest BCUT2D eigenvalue weighted by Crippen LogP contribution is -1.94. The number of hydrogen-bond donors (Lipinski definition) is 1. The molecule has 0 saturated heterocycles. The van der Waals surface area contributed by atoms with Crippen LogP contribution < -0.4 is 10.5 Å². The van der Waals surface area contributed by atoms with Gasteiger partial charge in [0.1, 0.15) is 5.75 Å². The largest absolute Gasteiger partial charge is 0.497 e. The zero-order valence-electron chi connectivity index (χ0n) is 7.21. The predicted molar refractivity (Wildman–Crippen MR) is 51.3 cm³/mol. The Labute approximate surface area is 72.7 Å². The number of nitrogen functional groups attached to an aromatic ring is 1. The van der Waals surface area contributed by atoms with Crippen molar-refractivity contribution in [1.82, 2.24) is 0 Å². The van der Waals surface area contributed by atoms with Gasteiger partial charge in [-0.2, -0.15) is 0 Å². The minimum absolute atomic E-state index is 0.759. The van der Waals surface area contributed by atoms with Gasteiger partial charge in [-0.1, -0.05) is 12.1 Å². The van der Waals surface area contributed by atoms with Crippen LogP contribution in [0.15, 0.2) is 30.9 Å². The Kier molecular flexibility index (Phi) is 2.75. The van der Waals surface area contributed by atoms with Gasteiger partial charge < -0.3 is 10.5 Å². The molecule has 1 aromatic carbocycles. The smallest absolute Gasteiger partial charge is 0.120 e. The monoisotopic (exact) mass is 163 g/mol. The minimum atomic E-state index is 0.759. The second-order valence-electron chi connectivity index (χ2n) is 2.56. The molecule has 12 heavy (non-hydrogen) atoms. The fraction of sp³-hybridized carbons (Fsp3) is 0.200. The van der Waals surface area contributed by atoms with Crippen molar-refractivity contribution in [1.29, 1.82) is 0 Å². The second kappa shape index (κ2) is 3.81. The zero-order valence-corrected chi connectivity index (χ0v) is 7.21. The van der Waals surface area contributed by atoms with E-state index in [1.165, 1.54) is 0 Å². The molecule has 0 spiro atoms. The molecule has 0 aliphatic heterocycles. The number of hydrogen-bond acceptors (Lipinski definition) is 2. The molecule has 0 aliphatic carbocycles. The quantitative estimate of drug-likeness (QED) is 0.546. The summed E-state index contributed by atoms with van der Waals surface area (Å²) in [5, 5.41) is 0. The summed E-state index contributed by atoms with van der Waals surface area (Å²) in [4.78, 5) is 0.